The molecule has 2 rings (SSSR count). The Morgan fingerprint density at radius 2 is 1.26 bits per heavy atom. The number of benzene rings is 2. The molecule has 0 radical (unpaired) electrons. The predicted molar refractivity (Wildman–Crippen MR) is 62.8 cm³/mol. The quantitative estimate of drug-likeness (QED) is 0.769. The highest BCUT2D eigenvalue weighted by molar-refractivity contribution is 5.71. The van der Waals surface area contributed by atoms with Crippen LogP contribution in [0.25, 0.3) is 11.1 Å². The van der Waals surface area contributed by atoms with Gasteiger partial charge in [0.2, 0.25) is 0 Å². The Kier molecular flexibility index (Phi) is 3.22. The van der Waals surface area contributed by atoms with Crippen LogP contribution in [0.3, 0.4) is 0 Å². The second-order valence-electron chi connectivity index (χ2n) is 4.26. The molecule has 0 bridgehead atoms. The summed E-state index contributed by atoms with van der Waals surface area (Å²) in [5.74, 6) is -4.57. The van der Waals surface area contributed by atoms with Gasteiger partial charge in [0.15, 0.2) is 11.6 Å². The molecule has 0 fully saturated rings. The summed E-state index contributed by atoms with van der Waals surface area (Å²) in [6.45, 7) is 2.40. The highest BCUT2D eigenvalue weighted by Crippen LogP contribution is 2.35. The molecule has 1 N–H and O–H groups in total. The highest BCUT2D eigenvalue weighted by Gasteiger charge is 2.18. The SMILES string of the molecule is Cc1c(F)cc(-c2cc(F)c(C)c(F)c2O)cc1F. The Bertz CT molecular complexity index is 642. The van der Waals surface area contributed by atoms with E-state index in [4.69, 9.17) is 0 Å². The molecule has 0 saturated heterocycles. The number of aromatic hydroxyl groups is 1. The monoisotopic (exact) mass is 270 g/mol. The van der Waals surface area contributed by atoms with Gasteiger partial charge in [-0.25, -0.2) is 17.6 Å². The van der Waals surface area contributed by atoms with Crippen molar-refractivity contribution in [3.8, 4) is 16.9 Å². The molecule has 100 valence electrons. The minimum Gasteiger partial charge on any atom is -0.504 e. The molecular formula is C14H10F4O. The van der Waals surface area contributed by atoms with Crippen LogP contribution in [0.5, 0.6) is 5.75 Å². The van der Waals surface area contributed by atoms with Gasteiger partial charge in [0, 0.05) is 16.7 Å². The Hall–Kier alpha value is -2.04. The molecule has 0 amide bonds. The van der Waals surface area contributed by atoms with E-state index in [1.807, 2.05) is 0 Å². The summed E-state index contributed by atoms with van der Waals surface area (Å²) in [6, 6.07) is 2.68. The normalized spacial score (nSPS) is 10.8. The van der Waals surface area contributed by atoms with Gasteiger partial charge in [-0.15, -0.1) is 0 Å². The summed E-state index contributed by atoms with van der Waals surface area (Å²) in [6.07, 6.45) is 0. The molecule has 0 heterocycles. The third-order valence-electron chi connectivity index (χ3n) is 3.01. The van der Waals surface area contributed by atoms with Crippen molar-refractivity contribution in [2.24, 2.45) is 0 Å². The lowest BCUT2D eigenvalue weighted by molar-refractivity contribution is 0.426. The molecule has 0 aliphatic carbocycles. The van der Waals surface area contributed by atoms with Crippen molar-refractivity contribution in [2.75, 3.05) is 0 Å². The van der Waals surface area contributed by atoms with Gasteiger partial charge in [0.1, 0.15) is 17.5 Å². The van der Waals surface area contributed by atoms with Crippen LogP contribution in [-0.2, 0) is 0 Å². The minimum absolute atomic E-state index is 0.129. The summed E-state index contributed by atoms with van der Waals surface area (Å²) in [4.78, 5) is 0. The van der Waals surface area contributed by atoms with E-state index in [-0.39, 0.29) is 22.3 Å². The Labute approximate surface area is 107 Å². The molecule has 1 nitrogen and oxygen atoms in total. The molecule has 5 heteroatoms. The van der Waals surface area contributed by atoms with Crippen LogP contribution >= 0.6 is 0 Å². The van der Waals surface area contributed by atoms with E-state index < -0.39 is 29.0 Å². The van der Waals surface area contributed by atoms with Gasteiger partial charge in [0.25, 0.3) is 0 Å². The standard InChI is InChI=1S/C14H10F4O/c1-6-10(15)3-8(4-11(6)16)9-5-12(17)7(2)13(18)14(9)19/h3-5,19H,1-2H3. The molecule has 19 heavy (non-hydrogen) atoms. The molecule has 0 aliphatic rings. The van der Waals surface area contributed by atoms with Crippen LogP contribution in [0.15, 0.2) is 18.2 Å². The second-order valence-corrected chi connectivity index (χ2v) is 4.26. The second kappa shape index (κ2) is 4.57. The van der Waals surface area contributed by atoms with E-state index in [0.717, 1.165) is 25.1 Å². The van der Waals surface area contributed by atoms with Gasteiger partial charge in [-0.1, -0.05) is 0 Å². The van der Waals surface area contributed by atoms with Crippen molar-refractivity contribution in [3.63, 3.8) is 0 Å². The first-order valence-corrected chi connectivity index (χ1v) is 5.46. The van der Waals surface area contributed by atoms with Crippen molar-refractivity contribution in [1.82, 2.24) is 0 Å². The Morgan fingerprint density at radius 1 is 0.789 bits per heavy atom. The van der Waals surface area contributed by atoms with Crippen LogP contribution < -0.4 is 0 Å². The number of hydrogen-bond donors (Lipinski definition) is 1. The van der Waals surface area contributed by atoms with Crippen molar-refractivity contribution in [1.29, 1.82) is 0 Å². The Balaban J connectivity index is 2.73. The van der Waals surface area contributed by atoms with Crippen molar-refractivity contribution in [3.05, 3.63) is 52.6 Å². The van der Waals surface area contributed by atoms with Gasteiger partial charge in [0.05, 0.1) is 0 Å². The van der Waals surface area contributed by atoms with Gasteiger partial charge in [-0.3, -0.25) is 0 Å². The number of phenolic OH excluding ortho intramolecular Hbond substituents is 1. The summed E-state index contributed by atoms with van der Waals surface area (Å²) in [5, 5.41) is 9.62. The molecule has 0 atom stereocenters. The molecule has 0 spiro atoms. The van der Waals surface area contributed by atoms with E-state index in [2.05, 4.69) is 0 Å². The first-order valence-electron chi connectivity index (χ1n) is 5.46. The minimum atomic E-state index is -1.14. The van der Waals surface area contributed by atoms with Gasteiger partial charge in [-0.05, 0) is 37.6 Å². The molecule has 0 saturated carbocycles. The fraction of sp³-hybridized carbons (Fsp3) is 0.143. The summed E-state index contributed by atoms with van der Waals surface area (Å²) in [7, 11) is 0. The zero-order valence-electron chi connectivity index (χ0n) is 10.2. The van der Waals surface area contributed by atoms with E-state index in [1.54, 1.807) is 0 Å². The number of rotatable bonds is 1. The summed E-state index contributed by atoms with van der Waals surface area (Å²) < 4.78 is 53.8. The average Bonchev–Trinajstić information content (AvgIpc) is 2.37. The first-order chi connectivity index (χ1) is 8.82. The first kappa shape index (κ1) is 13.4. The lowest BCUT2D eigenvalue weighted by atomic mass is 10.00. The van der Waals surface area contributed by atoms with Crippen molar-refractivity contribution < 1.29 is 22.7 Å². The number of phenols is 1. The molecule has 2 aromatic rings. The third kappa shape index (κ3) is 2.16. The lowest BCUT2D eigenvalue weighted by Crippen LogP contribution is -1.95. The molecular weight excluding hydrogens is 260 g/mol. The van der Waals surface area contributed by atoms with E-state index in [1.165, 1.54) is 6.92 Å². The molecule has 0 aromatic heterocycles. The predicted octanol–water partition coefficient (Wildman–Crippen LogP) is 4.23. The van der Waals surface area contributed by atoms with Gasteiger partial charge >= 0.3 is 0 Å². The fourth-order valence-electron chi connectivity index (χ4n) is 1.72. The molecule has 0 unspecified atom stereocenters. The fourth-order valence-corrected chi connectivity index (χ4v) is 1.72. The van der Waals surface area contributed by atoms with Crippen LogP contribution in [0, 0.1) is 37.1 Å². The molecule has 2 aromatic carbocycles. The zero-order valence-corrected chi connectivity index (χ0v) is 10.2. The number of hydrogen-bond acceptors (Lipinski definition) is 1. The topological polar surface area (TPSA) is 20.2 Å². The summed E-state index contributed by atoms with van der Waals surface area (Å²) in [5.41, 5.74) is -0.972. The van der Waals surface area contributed by atoms with Crippen molar-refractivity contribution >= 4 is 0 Å². The van der Waals surface area contributed by atoms with Crippen LogP contribution in [0.4, 0.5) is 17.6 Å². The van der Waals surface area contributed by atoms with Crippen molar-refractivity contribution in [2.45, 2.75) is 13.8 Å². The average molecular weight is 270 g/mol. The van der Waals surface area contributed by atoms with Crippen LogP contribution in [-0.4, -0.2) is 5.11 Å². The van der Waals surface area contributed by atoms with Crippen LogP contribution in [0.1, 0.15) is 11.1 Å². The summed E-state index contributed by atoms with van der Waals surface area (Å²) >= 11 is 0. The number of halogens is 4. The van der Waals surface area contributed by atoms with Gasteiger partial charge in [-0.2, -0.15) is 0 Å². The van der Waals surface area contributed by atoms with Gasteiger partial charge < -0.3 is 5.11 Å². The third-order valence-corrected chi connectivity index (χ3v) is 3.01. The van der Waals surface area contributed by atoms with E-state index >= 15 is 0 Å². The zero-order chi connectivity index (χ0) is 14.3. The largest absolute Gasteiger partial charge is 0.504 e. The maximum Gasteiger partial charge on any atom is 0.171 e. The van der Waals surface area contributed by atoms with E-state index in [9.17, 15) is 22.7 Å². The Morgan fingerprint density at radius 3 is 1.79 bits per heavy atom. The van der Waals surface area contributed by atoms with E-state index in [0.29, 0.717) is 0 Å². The smallest absolute Gasteiger partial charge is 0.171 e. The maximum atomic E-state index is 13.5. The van der Waals surface area contributed by atoms with Crippen LogP contribution in [0.2, 0.25) is 0 Å². The highest BCUT2D eigenvalue weighted by atomic mass is 19.1. The molecule has 0 aliphatic heterocycles. The maximum absolute atomic E-state index is 13.5. The lowest BCUT2D eigenvalue weighted by Gasteiger charge is -2.10.